The summed E-state index contributed by atoms with van der Waals surface area (Å²) in [6.07, 6.45) is 0. The molecule has 0 aliphatic heterocycles. The molecule has 0 saturated carbocycles. The number of aromatic nitrogens is 3. The zero-order valence-corrected chi connectivity index (χ0v) is 14.1. The van der Waals surface area contributed by atoms with Crippen molar-refractivity contribution >= 4 is 29.0 Å². The molecule has 114 valence electrons. The van der Waals surface area contributed by atoms with Gasteiger partial charge in [0.2, 0.25) is 11.1 Å². The van der Waals surface area contributed by atoms with Crippen LogP contribution in [0.25, 0.3) is 10.7 Å². The van der Waals surface area contributed by atoms with Gasteiger partial charge in [0.15, 0.2) is 5.82 Å². The Hall–Kier alpha value is -1.54. The van der Waals surface area contributed by atoms with Crippen molar-refractivity contribution in [2.24, 2.45) is 0 Å². The van der Waals surface area contributed by atoms with E-state index in [0.29, 0.717) is 11.0 Å². The number of hydrogen-bond acceptors (Lipinski definition) is 6. The van der Waals surface area contributed by atoms with Crippen LogP contribution >= 0.6 is 23.1 Å². The van der Waals surface area contributed by atoms with Crippen LogP contribution in [0.2, 0.25) is 0 Å². The Morgan fingerprint density at radius 3 is 2.76 bits per heavy atom. The minimum Gasteiger partial charge on any atom is -0.351 e. The third kappa shape index (κ3) is 3.98. The number of nitrogen functional groups attached to an aromatic ring is 1. The summed E-state index contributed by atoms with van der Waals surface area (Å²) in [7, 11) is 0. The molecule has 8 heteroatoms. The Kier molecular flexibility index (Phi) is 4.58. The number of nitrogens with zero attached hydrogens (tertiary/aromatic N) is 3. The maximum atomic E-state index is 12.1. The fraction of sp³-hybridized carbons (Fsp3) is 0.462. The molecule has 0 aliphatic carbocycles. The lowest BCUT2D eigenvalue weighted by molar-refractivity contribution is -0.121. The zero-order chi connectivity index (χ0) is 15.6. The second-order valence-corrected chi connectivity index (χ2v) is 7.91. The molecule has 0 saturated heterocycles. The number of thiophene rings is 1. The molecular weight excluding hydrogens is 306 g/mol. The van der Waals surface area contributed by atoms with Crippen LogP contribution in [0.15, 0.2) is 22.7 Å². The van der Waals surface area contributed by atoms with Crippen LogP contribution in [0.4, 0.5) is 0 Å². The van der Waals surface area contributed by atoms with Crippen molar-refractivity contribution in [2.45, 2.75) is 43.6 Å². The third-order valence-electron chi connectivity index (χ3n) is 2.56. The minimum absolute atomic E-state index is 0.0480. The summed E-state index contributed by atoms with van der Waals surface area (Å²) in [5.41, 5.74) is -0.260. The van der Waals surface area contributed by atoms with Gasteiger partial charge in [0, 0.05) is 5.54 Å². The van der Waals surface area contributed by atoms with Gasteiger partial charge in [0.1, 0.15) is 0 Å². The van der Waals surface area contributed by atoms with Crippen molar-refractivity contribution in [1.82, 2.24) is 20.2 Å². The van der Waals surface area contributed by atoms with Gasteiger partial charge in [-0.1, -0.05) is 17.8 Å². The number of carbonyl (C=O) groups is 1. The van der Waals surface area contributed by atoms with Crippen LogP contribution in [-0.2, 0) is 4.79 Å². The van der Waals surface area contributed by atoms with E-state index in [1.54, 1.807) is 11.3 Å². The van der Waals surface area contributed by atoms with E-state index in [1.165, 1.54) is 16.4 Å². The van der Waals surface area contributed by atoms with Crippen LogP contribution in [0.5, 0.6) is 0 Å². The summed E-state index contributed by atoms with van der Waals surface area (Å²) >= 11 is 2.84. The van der Waals surface area contributed by atoms with Crippen molar-refractivity contribution in [3.8, 4) is 10.7 Å². The lowest BCUT2D eigenvalue weighted by Gasteiger charge is -2.22. The summed E-state index contributed by atoms with van der Waals surface area (Å²) < 4.78 is 1.43. The topological polar surface area (TPSA) is 85.8 Å². The van der Waals surface area contributed by atoms with E-state index in [1.807, 2.05) is 45.2 Å². The largest absolute Gasteiger partial charge is 0.351 e. The molecule has 2 aromatic heterocycles. The number of carbonyl (C=O) groups excluding carboxylic acids is 1. The zero-order valence-electron chi connectivity index (χ0n) is 12.5. The average molecular weight is 325 g/mol. The molecule has 2 rings (SSSR count). The average Bonchev–Trinajstić information content (AvgIpc) is 2.98. The lowest BCUT2D eigenvalue weighted by atomic mass is 10.1. The Morgan fingerprint density at radius 2 is 2.19 bits per heavy atom. The summed E-state index contributed by atoms with van der Waals surface area (Å²) in [5.74, 6) is 6.58. The molecule has 0 bridgehead atoms. The van der Waals surface area contributed by atoms with Gasteiger partial charge in [-0.05, 0) is 39.1 Å². The van der Waals surface area contributed by atoms with E-state index in [4.69, 9.17) is 5.84 Å². The predicted octanol–water partition coefficient (Wildman–Crippen LogP) is 2.12. The van der Waals surface area contributed by atoms with Gasteiger partial charge in [-0.25, -0.2) is 4.68 Å². The maximum absolute atomic E-state index is 12.1. The van der Waals surface area contributed by atoms with Crippen molar-refractivity contribution < 1.29 is 4.79 Å². The van der Waals surface area contributed by atoms with E-state index < -0.39 is 0 Å². The van der Waals surface area contributed by atoms with E-state index >= 15 is 0 Å². The number of nitrogens with one attached hydrogen (secondary N) is 1. The molecule has 21 heavy (non-hydrogen) atoms. The predicted molar refractivity (Wildman–Crippen MR) is 86.7 cm³/mol. The minimum atomic E-state index is -0.299. The monoisotopic (exact) mass is 325 g/mol. The standard InChI is InChI=1S/C13H19N5OS2/c1-8(11(19)15-13(2,3)4)21-12-17-16-10(18(12)14)9-6-5-7-20-9/h5-8H,14H2,1-4H3,(H,15,19). The first kappa shape index (κ1) is 15.8. The SMILES string of the molecule is CC(Sc1nnc(-c2cccs2)n1N)C(=O)NC(C)(C)C. The van der Waals surface area contributed by atoms with E-state index in [2.05, 4.69) is 15.5 Å². The number of thioether (sulfide) groups is 1. The van der Waals surface area contributed by atoms with E-state index in [-0.39, 0.29) is 16.7 Å². The van der Waals surface area contributed by atoms with Crippen LogP contribution in [-0.4, -0.2) is 31.6 Å². The van der Waals surface area contributed by atoms with Crippen molar-refractivity contribution in [3.05, 3.63) is 17.5 Å². The summed E-state index contributed by atoms with van der Waals surface area (Å²) in [4.78, 5) is 13.0. The van der Waals surface area contributed by atoms with Crippen LogP contribution in [0.1, 0.15) is 27.7 Å². The van der Waals surface area contributed by atoms with Gasteiger partial charge >= 0.3 is 0 Å². The highest BCUT2D eigenvalue weighted by Crippen LogP contribution is 2.27. The van der Waals surface area contributed by atoms with E-state index in [0.717, 1.165) is 4.88 Å². The second kappa shape index (κ2) is 6.07. The summed E-state index contributed by atoms with van der Waals surface area (Å²) in [6, 6.07) is 3.86. The van der Waals surface area contributed by atoms with Gasteiger partial charge in [0.05, 0.1) is 10.1 Å². The first-order chi connectivity index (χ1) is 9.78. The summed E-state index contributed by atoms with van der Waals surface area (Å²) in [5, 5.41) is 13.3. The van der Waals surface area contributed by atoms with Crippen LogP contribution in [0, 0.1) is 0 Å². The smallest absolute Gasteiger partial charge is 0.233 e. The lowest BCUT2D eigenvalue weighted by Crippen LogP contribution is -2.44. The molecule has 2 aromatic rings. The maximum Gasteiger partial charge on any atom is 0.233 e. The highest BCUT2D eigenvalue weighted by atomic mass is 32.2. The third-order valence-corrected chi connectivity index (χ3v) is 4.48. The first-order valence-corrected chi connectivity index (χ1v) is 8.27. The van der Waals surface area contributed by atoms with E-state index in [9.17, 15) is 4.79 Å². The first-order valence-electron chi connectivity index (χ1n) is 6.51. The molecule has 0 spiro atoms. The molecule has 0 aromatic carbocycles. The fourth-order valence-electron chi connectivity index (χ4n) is 1.61. The molecule has 2 heterocycles. The van der Waals surface area contributed by atoms with Crippen molar-refractivity contribution in [2.75, 3.05) is 5.84 Å². The van der Waals surface area contributed by atoms with Crippen LogP contribution in [0.3, 0.4) is 0 Å². The molecule has 1 unspecified atom stereocenters. The molecule has 1 atom stereocenters. The van der Waals surface area contributed by atoms with Gasteiger partial charge in [-0.15, -0.1) is 21.5 Å². The van der Waals surface area contributed by atoms with Crippen molar-refractivity contribution in [3.63, 3.8) is 0 Å². The number of rotatable bonds is 4. The fourth-order valence-corrected chi connectivity index (χ4v) is 3.09. The second-order valence-electron chi connectivity index (χ2n) is 5.65. The highest BCUT2D eigenvalue weighted by Gasteiger charge is 2.23. The van der Waals surface area contributed by atoms with Crippen molar-refractivity contribution in [1.29, 1.82) is 0 Å². The Labute approximate surface area is 132 Å². The molecule has 1 amide bonds. The van der Waals surface area contributed by atoms with Gasteiger partial charge in [-0.2, -0.15) is 0 Å². The Morgan fingerprint density at radius 1 is 1.48 bits per heavy atom. The van der Waals surface area contributed by atoms with Gasteiger partial charge in [0.25, 0.3) is 0 Å². The molecule has 0 aliphatic rings. The Bertz CT molecular complexity index is 615. The number of nitrogens with two attached hydrogens (primary N) is 1. The molecule has 0 fully saturated rings. The number of amides is 1. The quantitative estimate of drug-likeness (QED) is 0.664. The van der Waals surface area contributed by atoms with Crippen LogP contribution < -0.4 is 11.2 Å². The molecular formula is C13H19N5OS2. The molecule has 3 N–H and O–H groups in total. The summed E-state index contributed by atoms with van der Waals surface area (Å²) in [6.45, 7) is 7.67. The normalized spacial score (nSPS) is 13.1. The van der Waals surface area contributed by atoms with Gasteiger partial charge in [-0.3, -0.25) is 4.79 Å². The number of hydrogen-bond donors (Lipinski definition) is 2. The molecule has 0 radical (unpaired) electrons. The Balaban J connectivity index is 2.09. The highest BCUT2D eigenvalue weighted by molar-refractivity contribution is 8.00. The molecule has 6 nitrogen and oxygen atoms in total. The van der Waals surface area contributed by atoms with Gasteiger partial charge < -0.3 is 11.2 Å².